The molecular formula is C12H24O7. The number of ketones is 1. The quantitative estimate of drug-likeness (QED) is 0.529. The summed E-state index contributed by atoms with van der Waals surface area (Å²) in [5, 5.41) is 8.49. The molecule has 0 bridgehead atoms. The Hall–Kier alpha value is -1.92. The Bertz CT molecular complexity index is 374. The summed E-state index contributed by atoms with van der Waals surface area (Å²) in [6, 6.07) is 0. The third-order valence-electron chi connectivity index (χ3n) is 1.97. The first-order valence-corrected chi connectivity index (χ1v) is 5.81. The van der Waals surface area contributed by atoms with Crippen molar-refractivity contribution in [3.8, 4) is 0 Å². The number of hydrogen-bond donors (Lipinski definition) is 1. The number of hydrogen-bond acceptors (Lipinski definition) is 6. The summed E-state index contributed by atoms with van der Waals surface area (Å²) in [6.45, 7) is 4.20. The zero-order chi connectivity index (χ0) is 15.0. The van der Waals surface area contributed by atoms with Gasteiger partial charge in [-0.1, -0.05) is 0 Å². The summed E-state index contributed by atoms with van der Waals surface area (Å²) in [5.74, 6) is -2.75. The van der Waals surface area contributed by atoms with E-state index in [1.165, 1.54) is 20.8 Å². The van der Waals surface area contributed by atoms with Gasteiger partial charge in [-0.25, -0.2) is 0 Å². The summed E-state index contributed by atoms with van der Waals surface area (Å²) in [7, 11) is 0. The SMILES string of the molecule is CC(=O)CC(=O)O[C@H](C)CC(=O)O[C@H](C)CC(=O)O.[HH].[HH].[HH]. The fourth-order valence-electron chi connectivity index (χ4n) is 1.31. The standard InChI is InChI=1S/C12H18O7.3H2/c1-7(13)4-11(16)19-9(3)6-12(17)18-8(2)5-10(14)15;;;/h8-9H,4-6H2,1-3H3,(H,14,15);3*1H/t8-,9-;;;/m1.../s1. The van der Waals surface area contributed by atoms with Gasteiger partial charge in [-0.05, 0) is 20.8 Å². The van der Waals surface area contributed by atoms with Crippen LogP contribution in [-0.4, -0.2) is 41.0 Å². The minimum absolute atomic E-state index is 0. The Labute approximate surface area is 115 Å². The number of carboxylic acid groups (broad SMARTS) is 1. The monoisotopic (exact) mass is 280 g/mol. The van der Waals surface area contributed by atoms with Gasteiger partial charge < -0.3 is 14.6 Å². The molecule has 0 aromatic carbocycles. The van der Waals surface area contributed by atoms with E-state index in [0.717, 1.165) is 0 Å². The highest BCUT2D eigenvalue weighted by molar-refractivity contribution is 5.94. The van der Waals surface area contributed by atoms with Gasteiger partial charge in [0.1, 0.15) is 24.4 Å². The van der Waals surface area contributed by atoms with Crippen molar-refractivity contribution in [1.29, 1.82) is 0 Å². The first kappa shape index (κ1) is 17.1. The second-order valence-electron chi connectivity index (χ2n) is 4.28. The zero-order valence-corrected chi connectivity index (χ0v) is 11.2. The first-order chi connectivity index (χ1) is 8.70. The summed E-state index contributed by atoms with van der Waals surface area (Å²) >= 11 is 0. The summed E-state index contributed by atoms with van der Waals surface area (Å²) < 4.78 is 9.63. The summed E-state index contributed by atoms with van der Waals surface area (Å²) in [4.78, 5) is 43.5. The number of carboxylic acids is 1. The van der Waals surface area contributed by atoms with E-state index in [9.17, 15) is 19.2 Å². The molecule has 0 saturated heterocycles. The van der Waals surface area contributed by atoms with E-state index in [2.05, 4.69) is 0 Å². The van der Waals surface area contributed by atoms with E-state index in [1.807, 2.05) is 0 Å². The Morgan fingerprint density at radius 3 is 1.95 bits per heavy atom. The van der Waals surface area contributed by atoms with Gasteiger partial charge in [0.15, 0.2) is 0 Å². The van der Waals surface area contributed by atoms with Crippen LogP contribution in [0.25, 0.3) is 0 Å². The third-order valence-corrected chi connectivity index (χ3v) is 1.97. The van der Waals surface area contributed by atoms with Gasteiger partial charge in [0.25, 0.3) is 0 Å². The van der Waals surface area contributed by atoms with E-state index in [4.69, 9.17) is 14.6 Å². The Kier molecular flexibility index (Phi) is 7.40. The lowest BCUT2D eigenvalue weighted by molar-refractivity contribution is -0.157. The van der Waals surface area contributed by atoms with Crippen molar-refractivity contribution >= 4 is 23.7 Å². The fraction of sp³-hybridized carbons (Fsp3) is 0.667. The maximum Gasteiger partial charge on any atom is 0.313 e. The normalized spacial score (nSPS) is 13.2. The molecule has 0 aliphatic heterocycles. The second kappa shape index (κ2) is 8.23. The Morgan fingerprint density at radius 1 is 1.00 bits per heavy atom. The summed E-state index contributed by atoms with van der Waals surface area (Å²) in [6.07, 6.45) is -2.28. The average molecular weight is 280 g/mol. The molecule has 7 heteroatoms. The molecule has 0 aliphatic carbocycles. The highest BCUT2D eigenvalue weighted by Crippen LogP contribution is 2.05. The molecule has 0 spiro atoms. The van der Waals surface area contributed by atoms with Crippen molar-refractivity contribution in [3.63, 3.8) is 0 Å². The molecule has 7 nitrogen and oxygen atoms in total. The fourth-order valence-corrected chi connectivity index (χ4v) is 1.31. The Balaban J connectivity index is -0.000000540. The van der Waals surface area contributed by atoms with E-state index in [1.54, 1.807) is 0 Å². The number of esters is 2. The maximum absolute atomic E-state index is 11.4. The van der Waals surface area contributed by atoms with E-state index in [0.29, 0.717) is 0 Å². The highest BCUT2D eigenvalue weighted by atomic mass is 16.6. The molecule has 114 valence electrons. The van der Waals surface area contributed by atoms with Crippen LogP contribution in [0.2, 0.25) is 0 Å². The molecule has 0 aromatic rings. The molecule has 2 atom stereocenters. The van der Waals surface area contributed by atoms with Gasteiger partial charge in [0, 0.05) is 4.28 Å². The van der Waals surface area contributed by atoms with E-state index < -0.39 is 30.1 Å². The van der Waals surface area contributed by atoms with Gasteiger partial charge in [-0.3, -0.25) is 19.2 Å². The van der Waals surface area contributed by atoms with Crippen molar-refractivity contribution in [2.45, 2.75) is 52.2 Å². The van der Waals surface area contributed by atoms with Crippen LogP contribution in [0.1, 0.15) is 44.3 Å². The third kappa shape index (κ3) is 9.75. The largest absolute Gasteiger partial charge is 0.481 e. The predicted octanol–water partition coefficient (Wildman–Crippen LogP) is 1.43. The first-order valence-electron chi connectivity index (χ1n) is 5.81. The number of ether oxygens (including phenoxy) is 2. The van der Waals surface area contributed by atoms with Crippen molar-refractivity contribution in [2.75, 3.05) is 0 Å². The Morgan fingerprint density at radius 2 is 1.47 bits per heavy atom. The lowest BCUT2D eigenvalue weighted by atomic mass is 10.2. The van der Waals surface area contributed by atoms with E-state index >= 15 is 0 Å². The van der Waals surface area contributed by atoms with Crippen LogP contribution >= 0.6 is 0 Å². The van der Waals surface area contributed by atoms with Crippen LogP contribution in [0.5, 0.6) is 0 Å². The van der Waals surface area contributed by atoms with Crippen LogP contribution in [0.15, 0.2) is 0 Å². The van der Waals surface area contributed by atoms with Crippen LogP contribution in [0, 0.1) is 0 Å². The van der Waals surface area contributed by atoms with Crippen LogP contribution in [-0.2, 0) is 28.7 Å². The molecule has 0 unspecified atom stereocenters. The molecule has 0 radical (unpaired) electrons. The molecule has 0 aromatic heterocycles. The minimum atomic E-state index is -1.07. The molecule has 0 heterocycles. The number of Topliss-reactive ketones (excluding diaryl/α,β-unsaturated/α-hetero) is 1. The molecular weight excluding hydrogens is 256 g/mol. The summed E-state index contributed by atoms with van der Waals surface area (Å²) in [5.41, 5.74) is 0. The van der Waals surface area contributed by atoms with Crippen molar-refractivity contribution in [1.82, 2.24) is 0 Å². The number of rotatable bonds is 8. The van der Waals surface area contributed by atoms with Gasteiger partial charge >= 0.3 is 17.9 Å². The molecule has 0 rings (SSSR count). The lowest BCUT2D eigenvalue weighted by Crippen LogP contribution is -2.24. The maximum atomic E-state index is 11.4. The average Bonchev–Trinajstić information content (AvgIpc) is 2.12. The topological polar surface area (TPSA) is 107 Å². The van der Waals surface area contributed by atoms with Crippen molar-refractivity contribution in [3.05, 3.63) is 0 Å². The van der Waals surface area contributed by atoms with Crippen molar-refractivity contribution < 1.29 is 38.0 Å². The molecule has 0 aliphatic rings. The van der Waals surface area contributed by atoms with Crippen LogP contribution in [0.3, 0.4) is 0 Å². The van der Waals surface area contributed by atoms with Crippen LogP contribution in [0.4, 0.5) is 0 Å². The van der Waals surface area contributed by atoms with Gasteiger partial charge in [0.2, 0.25) is 0 Å². The van der Waals surface area contributed by atoms with Gasteiger partial charge in [0.05, 0.1) is 12.8 Å². The van der Waals surface area contributed by atoms with E-state index in [-0.39, 0.29) is 29.3 Å². The molecule has 19 heavy (non-hydrogen) atoms. The highest BCUT2D eigenvalue weighted by Gasteiger charge is 2.18. The number of carbonyl (C=O) groups is 4. The predicted molar refractivity (Wildman–Crippen MR) is 69.6 cm³/mol. The molecule has 1 N–H and O–H groups in total. The lowest BCUT2D eigenvalue weighted by Gasteiger charge is -2.14. The zero-order valence-electron chi connectivity index (χ0n) is 11.2. The van der Waals surface area contributed by atoms with Gasteiger partial charge in [-0.15, -0.1) is 0 Å². The molecule has 0 amide bonds. The number of carbonyl (C=O) groups excluding carboxylic acids is 3. The molecule has 0 fully saturated rings. The smallest absolute Gasteiger partial charge is 0.313 e. The van der Waals surface area contributed by atoms with Crippen molar-refractivity contribution in [2.24, 2.45) is 0 Å². The molecule has 0 saturated carbocycles. The minimum Gasteiger partial charge on any atom is -0.481 e. The second-order valence-corrected chi connectivity index (χ2v) is 4.28. The number of aliphatic carboxylic acids is 1. The van der Waals surface area contributed by atoms with Gasteiger partial charge in [-0.2, -0.15) is 0 Å². The van der Waals surface area contributed by atoms with Crippen LogP contribution < -0.4 is 0 Å².